The van der Waals surface area contributed by atoms with Crippen LogP contribution in [0.15, 0.2) is 18.2 Å². The van der Waals surface area contributed by atoms with Crippen molar-refractivity contribution in [1.29, 1.82) is 0 Å². The molecule has 4 nitrogen and oxygen atoms in total. The zero-order valence-electron chi connectivity index (χ0n) is 11.5. The molecule has 4 heteroatoms. The maximum atomic E-state index is 11.3. The minimum Gasteiger partial charge on any atom is -0.478 e. The Balaban J connectivity index is 2.36. The highest BCUT2D eigenvalue weighted by atomic mass is 16.4. The first-order valence-electron chi connectivity index (χ1n) is 6.69. The van der Waals surface area contributed by atoms with E-state index in [1.165, 1.54) is 0 Å². The summed E-state index contributed by atoms with van der Waals surface area (Å²) in [7, 11) is 0. The molecule has 1 aliphatic carbocycles. The molecule has 1 saturated carbocycles. The summed E-state index contributed by atoms with van der Waals surface area (Å²) in [6, 6.07) is 5.41. The van der Waals surface area contributed by atoms with Gasteiger partial charge in [0.1, 0.15) is 11.3 Å². The number of carboxylic acid groups (broad SMARTS) is 1. The third-order valence-electron chi connectivity index (χ3n) is 3.97. The van der Waals surface area contributed by atoms with Crippen molar-refractivity contribution in [3.63, 3.8) is 0 Å². The lowest BCUT2D eigenvalue weighted by Gasteiger charge is -2.18. The molecule has 100 valence electrons. The van der Waals surface area contributed by atoms with Gasteiger partial charge in [0.2, 0.25) is 0 Å². The molecule has 0 spiro atoms. The van der Waals surface area contributed by atoms with Crippen LogP contribution in [0.2, 0.25) is 0 Å². The van der Waals surface area contributed by atoms with Gasteiger partial charge in [-0.15, -0.1) is 0 Å². The van der Waals surface area contributed by atoms with Crippen molar-refractivity contribution in [2.75, 3.05) is 0 Å². The second-order valence-corrected chi connectivity index (χ2v) is 5.94. The standard InChI is InChI=1S/C15H18N2O2/c1-9(2)13-16-12-10(14(18)19)5-4-6-11(12)17(13)15(3)7-8-15/h4-6,9H,7-8H2,1-3H3,(H,18,19). The topological polar surface area (TPSA) is 55.1 Å². The third kappa shape index (κ3) is 1.74. The van der Waals surface area contributed by atoms with Crippen LogP contribution in [-0.2, 0) is 5.54 Å². The number of aromatic carboxylic acids is 1. The summed E-state index contributed by atoms with van der Waals surface area (Å²) in [5, 5.41) is 9.29. The molecule has 0 saturated heterocycles. The summed E-state index contributed by atoms with van der Waals surface area (Å²) < 4.78 is 2.25. The second-order valence-electron chi connectivity index (χ2n) is 5.94. The molecule has 0 amide bonds. The lowest BCUT2D eigenvalue weighted by atomic mass is 10.1. The highest BCUT2D eigenvalue weighted by Crippen LogP contribution is 2.46. The number of benzene rings is 1. The minimum atomic E-state index is -0.911. The second kappa shape index (κ2) is 3.83. The number of carbonyl (C=O) groups is 1. The van der Waals surface area contributed by atoms with Crippen molar-refractivity contribution in [2.24, 2.45) is 0 Å². The lowest BCUT2D eigenvalue weighted by molar-refractivity contribution is 0.0699. The van der Waals surface area contributed by atoms with Crippen molar-refractivity contribution >= 4 is 17.0 Å². The van der Waals surface area contributed by atoms with Crippen LogP contribution in [0.5, 0.6) is 0 Å². The fraction of sp³-hybridized carbons (Fsp3) is 0.467. The Bertz CT molecular complexity index is 666. The van der Waals surface area contributed by atoms with Gasteiger partial charge >= 0.3 is 5.97 Å². The van der Waals surface area contributed by atoms with E-state index in [1.807, 2.05) is 6.07 Å². The van der Waals surface area contributed by atoms with Gasteiger partial charge in [-0.25, -0.2) is 9.78 Å². The van der Waals surface area contributed by atoms with Gasteiger partial charge in [-0.05, 0) is 31.9 Å². The maximum Gasteiger partial charge on any atom is 0.337 e. The highest BCUT2D eigenvalue weighted by Gasteiger charge is 2.42. The van der Waals surface area contributed by atoms with Crippen molar-refractivity contribution in [3.8, 4) is 0 Å². The number of para-hydroxylation sites is 1. The highest BCUT2D eigenvalue weighted by molar-refractivity contribution is 6.01. The minimum absolute atomic E-state index is 0.117. The van der Waals surface area contributed by atoms with Gasteiger partial charge < -0.3 is 9.67 Å². The molecule has 3 rings (SSSR count). The van der Waals surface area contributed by atoms with E-state index in [2.05, 4.69) is 30.3 Å². The van der Waals surface area contributed by atoms with Gasteiger partial charge in [0.15, 0.2) is 0 Å². The van der Waals surface area contributed by atoms with Crippen molar-refractivity contribution < 1.29 is 9.90 Å². The SMILES string of the molecule is CC(C)c1nc2c(C(=O)O)cccc2n1C1(C)CC1. The normalized spacial score (nSPS) is 17.1. The molecular formula is C15H18N2O2. The van der Waals surface area contributed by atoms with E-state index < -0.39 is 5.97 Å². The number of hydrogen-bond donors (Lipinski definition) is 1. The Kier molecular flexibility index (Phi) is 2.46. The fourth-order valence-corrected chi connectivity index (χ4v) is 2.65. The third-order valence-corrected chi connectivity index (χ3v) is 3.97. The number of aromatic nitrogens is 2. The first kappa shape index (κ1) is 12.2. The zero-order valence-corrected chi connectivity index (χ0v) is 11.5. The smallest absolute Gasteiger partial charge is 0.337 e. The Hall–Kier alpha value is -1.84. The van der Waals surface area contributed by atoms with Crippen LogP contribution >= 0.6 is 0 Å². The number of fused-ring (bicyclic) bond motifs is 1. The summed E-state index contributed by atoms with van der Waals surface area (Å²) in [5.74, 6) is 0.363. The molecule has 19 heavy (non-hydrogen) atoms. The quantitative estimate of drug-likeness (QED) is 0.918. The van der Waals surface area contributed by atoms with Crippen molar-refractivity contribution in [3.05, 3.63) is 29.6 Å². The summed E-state index contributed by atoms with van der Waals surface area (Å²) in [4.78, 5) is 15.9. The molecule has 1 aromatic heterocycles. The van der Waals surface area contributed by atoms with E-state index in [4.69, 9.17) is 0 Å². The van der Waals surface area contributed by atoms with E-state index >= 15 is 0 Å². The van der Waals surface area contributed by atoms with Crippen LogP contribution in [-0.4, -0.2) is 20.6 Å². The molecule has 0 aliphatic heterocycles. The molecule has 1 fully saturated rings. The fourth-order valence-electron chi connectivity index (χ4n) is 2.65. The van der Waals surface area contributed by atoms with Crippen LogP contribution in [0.3, 0.4) is 0 Å². The van der Waals surface area contributed by atoms with E-state index in [0.717, 1.165) is 24.2 Å². The number of carboxylic acids is 1. The molecule has 1 aliphatic rings. The number of hydrogen-bond acceptors (Lipinski definition) is 2. The van der Waals surface area contributed by atoms with Crippen molar-refractivity contribution in [1.82, 2.24) is 9.55 Å². The average molecular weight is 258 g/mol. The summed E-state index contributed by atoms with van der Waals surface area (Å²) in [6.45, 7) is 6.42. The Morgan fingerprint density at radius 1 is 1.42 bits per heavy atom. The van der Waals surface area contributed by atoms with Gasteiger partial charge in [-0.1, -0.05) is 19.9 Å². The maximum absolute atomic E-state index is 11.3. The van der Waals surface area contributed by atoms with Gasteiger partial charge in [-0.3, -0.25) is 0 Å². The van der Waals surface area contributed by atoms with E-state index in [1.54, 1.807) is 12.1 Å². The Morgan fingerprint density at radius 2 is 2.11 bits per heavy atom. The molecule has 0 atom stereocenters. The zero-order chi connectivity index (χ0) is 13.8. The van der Waals surface area contributed by atoms with Gasteiger partial charge in [0, 0.05) is 11.5 Å². The average Bonchev–Trinajstić information content (AvgIpc) is 2.95. The summed E-state index contributed by atoms with van der Waals surface area (Å²) in [6.07, 6.45) is 2.27. The van der Waals surface area contributed by atoms with Gasteiger partial charge in [0.05, 0.1) is 11.1 Å². The number of rotatable bonds is 3. The van der Waals surface area contributed by atoms with Crippen molar-refractivity contribution in [2.45, 2.75) is 45.1 Å². The molecule has 2 aromatic rings. The first-order chi connectivity index (χ1) is 8.94. The predicted molar refractivity (Wildman–Crippen MR) is 73.7 cm³/mol. The molecule has 0 bridgehead atoms. The van der Waals surface area contributed by atoms with Crippen LogP contribution in [0.25, 0.3) is 11.0 Å². The Labute approximate surface area is 112 Å². The molecule has 0 radical (unpaired) electrons. The monoisotopic (exact) mass is 258 g/mol. The molecule has 1 N–H and O–H groups in total. The lowest BCUT2D eigenvalue weighted by Crippen LogP contribution is -2.16. The first-order valence-corrected chi connectivity index (χ1v) is 6.69. The number of nitrogens with zero attached hydrogens (tertiary/aromatic N) is 2. The number of imidazole rings is 1. The van der Waals surface area contributed by atoms with E-state index in [9.17, 15) is 9.90 Å². The van der Waals surface area contributed by atoms with Gasteiger partial charge in [-0.2, -0.15) is 0 Å². The van der Waals surface area contributed by atoms with Crippen LogP contribution in [0.4, 0.5) is 0 Å². The summed E-state index contributed by atoms with van der Waals surface area (Å²) >= 11 is 0. The van der Waals surface area contributed by atoms with Crippen LogP contribution < -0.4 is 0 Å². The van der Waals surface area contributed by atoms with Crippen LogP contribution in [0, 0.1) is 0 Å². The summed E-state index contributed by atoms with van der Waals surface area (Å²) in [5.41, 5.74) is 1.98. The molecule has 1 heterocycles. The molecule has 1 aromatic carbocycles. The predicted octanol–water partition coefficient (Wildman–Crippen LogP) is 3.37. The molecular weight excluding hydrogens is 240 g/mol. The van der Waals surface area contributed by atoms with E-state index in [0.29, 0.717) is 11.1 Å². The van der Waals surface area contributed by atoms with Gasteiger partial charge in [0.25, 0.3) is 0 Å². The largest absolute Gasteiger partial charge is 0.478 e. The molecule has 0 unspecified atom stereocenters. The van der Waals surface area contributed by atoms with E-state index in [-0.39, 0.29) is 11.5 Å². The van der Waals surface area contributed by atoms with Crippen LogP contribution in [0.1, 0.15) is 55.7 Å². The Morgan fingerprint density at radius 3 is 2.63 bits per heavy atom.